The highest BCUT2D eigenvalue weighted by Crippen LogP contribution is 2.26. The molecule has 0 aliphatic heterocycles. The van der Waals surface area contributed by atoms with E-state index in [1.165, 1.54) is 11.3 Å². The van der Waals surface area contributed by atoms with Gasteiger partial charge in [-0.05, 0) is 43.3 Å². The second kappa shape index (κ2) is 5.81. The molecular formula is C16H12N2O2S. The molecule has 0 aliphatic rings. The van der Waals surface area contributed by atoms with Crippen LogP contribution in [0.5, 0.6) is 5.75 Å². The highest BCUT2D eigenvalue weighted by atomic mass is 32.1. The minimum atomic E-state index is 0.391. The van der Waals surface area contributed by atoms with E-state index in [0.717, 1.165) is 28.0 Å². The average Bonchev–Trinajstić information content (AvgIpc) is 3.14. The summed E-state index contributed by atoms with van der Waals surface area (Å²) in [4.78, 5) is 4.49. The molecule has 0 saturated heterocycles. The first-order valence-corrected chi connectivity index (χ1v) is 7.27. The van der Waals surface area contributed by atoms with Crippen molar-refractivity contribution in [3.8, 4) is 22.6 Å². The Balaban J connectivity index is 1.66. The van der Waals surface area contributed by atoms with Crippen LogP contribution in [0.2, 0.25) is 0 Å². The lowest BCUT2D eigenvalue weighted by Gasteiger charge is -2.03. The van der Waals surface area contributed by atoms with Gasteiger partial charge in [0.15, 0.2) is 10.8 Å². The van der Waals surface area contributed by atoms with Gasteiger partial charge in [-0.25, -0.2) is 4.98 Å². The summed E-state index contributed by atoms with van der Waals surface area (Å²) < 4.78 is 11.2. The smallest absolute Gasteiger partial charge is 0.162 e. The zero-order valence-electron chi connectivity index (χ0n) is 11.4. The van der Waals surface area contributed by atoms with E-state index in [-0.39, 0.29) is 0 Å². The highest BCUT2D eigenvalue weighted by molar-refractivity contribution is 7.13. The van der Waals surface area contributed by atoms with Crippen molar-refractivity contribution in [2.45, 2.75) is 13.5 Å². The average molecular weight is 296 g/mol. The molecule has 3 aromatic rings. The maximum absolute atomic E-state index is 8.74. The fraction of sp³-hybridized carbons (Fsp3) is 0.125. The first-order valence-electron chi connectivity index (χ1n) is 6.39. The van der Waals surface area contributed by atoms with Crippen molar-refractivity contribution in [1.29, 1.82) is 5.26 Å². The van der Waals surface area contributed by atoms with Crippen LogP contribution in [0.3, 0.4) is 0 Å². The van der Waals surface area contributed by atoms with Crippen LogP contribution in [0, 0.1) is 18.3 Å². The third kappa shape index (κ3) is 3.12. The lowest BCUT2D eigenvalue weighted by Crippen LogP contribution is -1.95. The highest BCUT2D eigenvalue weighted by Gasteiger charge is 2.08. The summed E-state index contributed by atoms with van der Waals surface area (Å²) >= 11 is 1.53. The van der Waals surface area contributed by atoms with E-state index in [9.17, 15) is 0 Å². The van der Waals surface area contributed by atoms with Crippen LogP contribution in [0.25, 0.3) is 10.8 Å². The molecule has 0 aliphatic carbocycles. The maximum atomic E-state index is 8.74. The van der Waals surface area contributed by atoms with Gasteiger partial charge < -0.3 is 9.15 Å². The zero-order valence-corrected chi connectivity index (χ0v) is 12.2. The van der Waals surface area contributed by atoms with Crippen LogP contribution in [-0.2, 0) is 6.61 Å². The second-order valence-electron chi connectivity index (χ2n) is 4.48. The van der Waals surface area contributed by atoms with E-state index in [1.807, 2.05) is 24.4 Å². The van der Waals surface area contributed by atoms with Crippen LogP contribution in [0.1, 0.15) is 17.0 Å². The van der Waals surface area contributed by atoms with E-state index < -0.39 is 0 Å². The van der Waals surface area contributed by atoms with Gasteiger partial charge in [-0.3, -0.25) is 0 Å². The Hall–Kier alpha value is -2.58. The fourth-order valence-corrected chi connectivity index (χ4v) is 2.58. The van der Waals surface area contributed by atoms with Crippen LogP contribution in [0.15, 0.2) is 46.2 Å². The number of aromatic nitrogens is 1. The third-order valence-corrected chi connectivity index (χ3v) is 3.78. The molecule has 0 radical (unpaired) electrons. The van der Waals surface area contributed by atoms with Gasteiger partial charge in [-0.1, -0.05) is 0 Å². The van der Waals surface area contributed by atoms with Gasteiger partial charge in [-0.15, -0.1) is 11.3 Å². The Morgan fingerprint density at radius 2 is 2.05 bits per heavy atom. The van der Waals surface area contributed by atoms with Crippen molar-refractivity contribution >= 4 is 11.3 Å². The number of ether oxygens (including phenoxy) is 1. The predicted molar refractivity (Wildman–Crippen MR) is 80.0 cm³/mol. The van der Waals surface area contributed by atoms with Gasteiger partial charge in [0.2, 0.25) is 0 Å². The normalized spacial score (nSPS) is 10.3. The van der Waals surface area contributed by atoms with Gasteiger partial charge in [0.05, 0.1) is 17.3 Å². The maximum Gasteiger partial charge on any atom is 0.162 e. The van der Waals surface area contributed by atoms with Crippen molar-refractivity contribution in [3.05, 3.63) is 58.8 Å². The van der Waals surface area contributed by atoms with Gasteiger partial charge in [0.1, 0.15) is 18.1 Å². The summed E-state index contributed by atoms with van der Waals surface area (Å²) in [6.07, 6.45) is 0. The van der Waals surface area contributed by atoms with E-state index in [0.29, 0.717) is 12.2 Å². The van der Waals surface area contributed by atoms with Crippen molar-refractivity contribution in [1.82, 2.24) is 4.98 Å². The van der Waals surface area contributed by atoms with E-state index in [4.69, 9.17) is 14.4 Å². The number of thiazole rings is 1. The van der Waals surface area contributed by atoms with Gasteiger partial charge in [0, 0.05) is 5.38 Å². The number of rotatable bonds is 4. The molecule has 0 unspecified atom stereocenters. The van der Waals surface area contributed by atoms with Crippen molar-refractivity contribution in [2.24, 2.45) is 0 Å². The number of hydrogen-bond acceptors (Lipinski definition) is 5. The predicted octanol–water partition coefficient (Wildman–Crippen LogP) is 4.16. The standard InChI is InChI=1S/C16H12N2O2S/c1-11-2-7-15(20-11)16-18-13(10-21-16)9-19-14-5-3-12(8-17)4-6-14/h2-7,10H,9H2,1H3. The van der Waals surface area contributed by atoms with Crippen molar-refractivity contribution in [3.63, 3.8) is 0 Å². The molecule has 3 rings (SSSR count). The summed E-state index contributed by atoms with van der Waals surface area (Å²) in [7, 11) is 0. The number of benzene rings is 1. The molecule has 0 atom stereocenters. The van der Waals surface area contributed by atoms with Gasteiger partial charge in [0.25, 0.3) is 0 Å². The molecule has 0 bridgehead atoms. The molecule has 5 heteroatoms. The number of aryl methyl sites for hydroxylation is 1. The summed E-state index contributed by atoms with van der Waals surface area (Å²) in [5.74, 6) is 2.37. The molecule has 21 heavy (non-hydrogen) atoms. The van der Waals surface area contributed by atoms with Crippen LogP contribution in [0.4, 0.5) is 0 Å². The monoisotopic (exact) mass is 296 g/mol. The third-order valence-electron chi connectivity index (χ3n) is 2.87. The van der Waals surface area contributed by atoms with E-state index in [2.05, 4.69) is 11.1 Å². The molecule has 0 amide bonds. The Labute approximate surface area is 126 Å². The van der Waals surface area contributed by atoms with Crippen LogP contribution in [-0.4, -0.2) is 4.98 Å². The minimum Gasteiger partial charge on any atom is -0.487 e. The van der Waals surface area contributed by atoms with Gasteiger partial charge in [-0.2, -0.15) is 5.26 Å². The Morgan fingerprint density at radius 1 is 1.24 bits per heavy atom. The summed E-state index contributed by atoms with van der Waals surface area (Å²) in [5, 5.41) is 11.5. The zero-order chi connectivity index (χ0) is 14.7. The van der Waals surface area contributed by atoms with Crippen molar-refractivity contribution < 1.29 is 9.15 Å². The lowest BCUT2D eigenvalue weighted by molar-refractivity contribution is 0.302. The molecule has 1 aromatic carbocycles. The Morgan fingerprint density at radius 3 is 2.71 bits per heavy atom. The number of furan rings is 1. The Bertz CT molecular complexity index is 781. The number of hydrogen-bond donors (Lipinski definition) is 0. The molecule has 4 nitrogen and oxygen atoms in total. The van der Waals surface area contributed by atoms with E-state index >= 15 is 0 Å². The summed E-state index contributed by atoms with van der Waals surface area (Å²) in [6, 6.07) is 12.9. The first kappa shape index (κ1) is 13.4. The fourth-order valence-electron chi connectivity index (χ4n) is 1.82. The number of nitrogens with zero attached hydrogens (tertiary/aromatic N) is 2. The molecule has 2 heterocycles. The molecule has 2 aromatic heterocycles. The largest absolute Gasteiger partial charge is 0.487 e. The molecule has 0 spiro atoms. The molecule has 0 N–H and O–H groups in total. The Kier molecular flexibility index (Phi) is 3.71. The second-order valence-corrected chi connectivity index (χ2v) is 5.34. The number of nitriles is 1. The van der Waals surface area contributed by atoms with Crippen LogP contribution < -0.4 is 4.74 Å². The lowest BCUT2D eigenvalue weighted by atomic mass is 10.2. The minimum absolute atomic E-state index is 0.391. The molecule has 0 fully saturated rings. The van der Waals surface area contributed by atoms with E-state index in [1.54, 1.807) is 24.3 Å². The first-order chi connectivity index (χ1) is 10.2. The molecule has 104 valence electrons. The SMILES string of the molecule is Cc1ccc(-c2nc(COc3ccc(C#N)cc3)cs2)o1. The van der Waals surface area contributed by atoms with Gasteiger partial charge >= 0.3 is 0 Å². The van der Waals surface area contributed by atoms with Crippen LogP contribution >= 0.6 is 11.3 Å². The quantitative estimate of drug-likeness (QED) is 0.725. The summed E-state index contributed by atoms with van der Waals surface area (Å²) in [6.45, 7) is 2.30. The molecule has 0 saturated carbocycles. The molecular weight excluding hydrogens is 284 g/mol. The van der Waals surface area contributed by atoms with Crippen molar-refractivity contribution in [2.75, 3.05) is 0 Å². The topological polar surface area (TPSA) is 59.0 Å². The summed E-state index contributed by atoms with van der Waals surface area (Å²) in [5.41, 5.74) is 1.47.